The Kier molecular flexibility index (Phi) is 5.85. The largest absolute Gasteiger partial charge is 0.464 e. The predicted molar refractivity (Wildman–Crippen MR) is 72.1 cm³/mol. The zero-order chi connectivity index (χ0) is 13.5. The van der Waals surface area contributed by atoms with E-state index in [1.54, 1.807) is 6.92 Å². The molecule has 1 atom stereocenters. The summed E-state index contributed by atoms with van der Waals surface area (Å²) in [7, 11) is 0. The standard InChI is InChI=1S/C13H16BrNO3/c1-3-18-13(17)12(15-9(2)16)8-10-4-6-11(14)7-5-10/h4-7,12H,3,8H2,1-2H3,(H,15,16). The summed E-state index contributed by atoms with van der Waals surface area (Å²) in [6.07, 6.45) is 0.422. The van der Waals surface area contributed by atoms with Crippen molar-refractivity contribution in [2.75, 3.05) is 6.61 Å². The number of hydrogen-bond acceptors (Lipinski definition) is 3. The predicted octanol–water partition coefficient (Wildman–Crippen LogP) is 2.06. The first-order valence-electron chi connectivity index (χ1n) is 5.71. The van der Waals surface area contributed by atoms with Crippen LogP contribution in [-0.4, -0.2) is 24.5 Å². The SMILES string of the molecule is CCOC(=O)C(Cc1ccc(Br)cc1)NC(C)=O. The molecule has 1 N–H and O–H groups in total. The van der Waals surface area contributed by atoms with Crippen LogP contribution in [0, 0.1) is 0 Å². The molecule has 1 aromatic carbocycles. The summed E-state index contributed by atoms with van der Waals surface area (Å²) >= 11 is 3.34. The van der Waals surface area contributed by atoms with Gasteiger partial charge >= 0.3 is 5.97 Å². The number of halogens is 1. The number of benzene rings is 1. The first-order chi connectivity index (χ1) is 8.52. The van der Waals surface area contributed by atoms with Crippen molar-refractivity contribution in [3.63, 3.8) is 0 Å². The molecule has 1 aromatic rings. The summed E-state index contributed by atoms with van der Waals surface area (Å²) in [5.41, 5.74) is 0.963. The van der Waals surface area contributed by atoms with Crippen molar-refractivity contribution in [1.82, 2.24) is 5.32 Å². The van der Waals surface area contributed by atoms with Gasteiger partial charge in [0.1, 0.15) is 6.04 Å². The van der Waals surface area contributed by atoms with Crippen LogP contribution >= 0.6 is 15.9 Å². The third-order valence-electron chi connectivity index (χ3n) is 2.30. The number of esters is 1. The van der Waals surface area contributed by atoms with E-state index >= 15 is 0 Å². The smallest absolute Gasteiger partial charge is 0.328 e. The van der Waals surface area contributed by atoms with Gasteiger partial charge in [0.15, 0.2) is 0 Å². The van der Waals surface area contributed by atoms with Crippen LogP contribution in [0.5, 0.6) is 0 Å². The quantitative estimate of drug-likeness (QED) is 0.847. The monoisotopic (exact) mass is 313 g/mol. The molecule has 1 amide bonds. The molecule has 18 heavy (non-hydrogen) atoms. The Morgan fingerprint density at radius 1 is 1.33 bits per heavy atom. The summed E-state index contributed by atoms with van der Waals surface area (Å²) < 4.78 is 5.91. The van der Waals surface area contributed by atoms with E-state index in [0.29, 0.717) is 13.0 Å². The van der Waals surface area contributed by atoms with E-state index in [-0.39, 0.29) is 5.91 Å². The molecule has 1 rings (SSSR count). The average molecular weight is 314 g/mol. The molecule has 5 heteroatoms. The Morgan fingerprint density at radius 3 is 2.44 bits per heavy atom. The van der Waals surface area contributed by atoms with E-state index in [9.17, 15) is 9.59 Å². The Labute approximate surface area is 115 Å². The lowest BCUT2D eigenvalue weighted by atomic mass is 10.1. The molecule has 0 aliphatic rings. The number of carbonyl (C=O) groups excluding carboxylic acids is 2. The summed E-state index contributed by atoms with van der Waals surface area (Å²) in [6, 6.07) is 6.95. The molecule has 0 bridgehead atoms. The third kappa shape index (κ3) is 4.87. The maximum atomic E-state index is 11.7. The molecule has 0 spiro atoms. The average Bonchev–Trinajstić information content (AvgIpc) is 2.31. The van der Waals surface area contributed by atoms with E-state index in [2.05, 4.69) is 21.2 Å². The van der Waals surface area contributed by atoms with Crippen molar-refractivity contribution in [3.05, 3.63) is 34.3 Å². The Balaban J connectivity index is 2.74. The highest BCUT2D eigenvalue weighted by molar-refractivity contribution is 9.10. The molecule has 4 nitrogen and oxygen atoms in total. The lowest BCUT2D eigenvalue weighted by molar-refractivity contribution is -0.147. The van der Waals surface area contributed by atoms with Crippen molar-refractivity contribution in [1.29, 1.82) is 0 Å². The molecule has 0 saturated carbocycles. The fourth-order valence-electron chi connectivity index (χ4n) is 1.54. The van der Waals surface area contributed by atoms with Crippen molar-refractivity contribution >= 4 is 27.8 Å². The highest BCUT2D eigenvalue weighted by atomic mass is 79.9. The van der Waals surface area contributed by atoms with Gasteiger partial charge in [-0.3, -0.25) is 4.79 Å². The van der Waals surface area contributed by atoms with Crippen LogP contribution in [-0.2, 0) is 20.7 Å². The second kappa shape index (κ2) is 7.16. The minimum absolute atomic E-state index is 0.245. The molecular formula is C13H16BrNO3. The van der Waals surface area contributed by atoms with Gasteiger partial charge in [0, 0.05) is 17.8 Å². The second-order valence-electron chi connectivity index (χ2n) is 3.84. The van der Waals surface area contributed by atoms with Crippen LogP contribution < -0.4 is 5.32 Å². The summed E-state index contributed by atoms with van der Waals surface area (Å²) in [5, 5.41) is 2.60. The van der Waals surface area contributed by atoms with Crippen molar-refractivity contribution in [2.24, 2.45) is 0 Å². The van der Waals surface area contributed by atoms with Gasteiger partial charge in [-0.15, -0.1) is 0 Å². The molecule has 0 heterocycles. The zero-order valence-corrected chi connectivity index (χ0v) is 12.0. The minimum atomic E-state index is -0.636. The summed E-state index contributed by atoms with van der Waals surface area (Å²) in [4.78, 5) is 22.8. The molecule has 0 fully saturated rings. The molecule has 0 radical (unpaired) electrons. The van der Waals surface area contributed by atoms with Crippen LogP contribution in [0.15, 0.2) is 28.7 Å². The van der Waals surface area contributed by atoms with E-state index in [0.717, 1.165) is 10.0 Å². The van der Waals surface area contributed by atoms with Gasteiger partial charge in [-0.2, -0.15) is 0 Å². The lowest BCUT2D eigenvalue weighted by Crippen LogP contribution is -2.42. The molecule has 0 aromatic heterocycles. The highest BCUT2D eigenvalue weighted by Gasteiger charge is 2.20. The van der Waals surface area contributed by atoms with Gasteiger partial charge < -0.3 is 10.1 Å². The van der Waals surface area contributed by atoms with Crippen LogP contribution in [0.3, 0.4) is 0 Å². The molecule has 0 aliphatic heterocycles. The maximum absolute atomic E-state index is 11.7. The third-order valence-corrected chi connectivity index (χ3v) is 2.83. The van der Waals surface area contributed by atoms with E-state index in [4.69, 9.17) is 4.74 Å². The first kappa shape index (κ1) is 14.7. The molecule has 0 saturated heterocycles. The highest BCUT2D eigenvalue weighted by Crippen LogP contribution is 2.12. The van der Waals surface area contributed by atoms with Crippen LogP contribution in [0.4, 0.5) is 0 Å². The van der Waals surface area contributed by atoms with Gasteiger partial charge in [0.25, 0.3) is 0 Å². The number of ether oxygens (including phenoxy) is 1. The van der Waals surface area contributed by atoms with Gasteiger partial charge in [0.05, 0.1) is 6.61 Å². The molecule has 0 aliphatic carbocycles. The number of amides is 1. The van der Waals surface area contributed by atoms with Crippen LogP contribution in [0.1, 0.15) is 19.4 Å². The normalized spacial score (nSPS) is 11.7. The topological polar surface area (TPSA) is 55.4 Å². The van der Waals surface area contributed by atoms with Crippen molar-refractivity contribution in [3.8, 4) is 0 Å². The molecule has 1 unspecified atom stereocenters. The summed E-state index contributed by atoms with van der Waals surface area (Å²) in [6.45, 7) is 3.42. The molecular weight excluding hydrogens is 298 g/mol. The Morgan fingerprint density at radius 2 is 1.94 bits per heavy atom. The summed E-state index contributed by atoms with van der Waals surface area (Å²) in [5.74, 6) is -0.652. The lowest BCUT2D eigenvalue weighted by Gasteiger charge is -2.16. The Bertz CT molecular complexity index is 417. The van der Waals surface area contributed by atoms with E-state index in [1.807, 2.05) is 24.3 Å². The Hall–Kier alpha value is -1.36. The van der Waals surface area contributed by atoms with Crippen LogP contribution in [0.2, 0.25) is 0 Å². The van der Waals surface area contributed by atoms with Gasteiger partial charge in [0.2, 0.25) is 5.91 Å². The fraction of sp³-hybridized carbons (Fsp3) is 0.385. The van der Waals surface area contributed by atoms with Gasteiger partial charge in [-0.05, 0) is 24.6 Å². The number of carbonyl (C=O) groups is 2. The number of rotatable bonds is 5. The van der Waals surface area contributed by atoms with E-state index < -0.39 is 12.0 Å². The second-order valence-corrected chi connectivity index (χ2v) is 4.75. The first-order valence-corrected chi connectivity index (χ1v) is 6.50. The fourth-order valence-corrected chi connectivity index (χ4v) is 1.80. The van der Waals surface area contributed by atoms with E-state index in [1.165, 1.54) is 6.92 Å². The van der Waals surface area contributed by atoms with Gasteiger partial charge in [-0.1, -0.05) is 28.1 Å². The van der Waals surface area contributed by atoms with Crippen molar-refractivity contribution in [2.45, 2.75) is 26.3 Å². The maximum Gasteiger partial charge on any atom is 0.328 e. The number of nitrogens with one attached hydrogen (secondary N) is 1. The zero-order valence-electron chi connectivity index (χ0n) is 10.4. The van der Waals surface area contributed by atoms with Crippen LogP contribution in [0.25, 0.3) is 0 Å². The minimum Gasteiger partial charge on any atom is -0.464 e. The number of hydrogen-bond donors (Lipinski definition) is 1. The van der Waals surface area contributed by atoms with Crippen molar-refractivity contribution < 1.29 is 14.3 Å². The van der Waals surface area contributed by atoms with Gasteiger partial charge in [-0.25, -0.2) is 4.79 Å². The molecule has 98 valence electrons.